The third-order valence-corrected chi connectivity index (χ3v) is 5.17. The maximum absolute atomic E-state index is 12.2. The summed E-state index contributed by atoms with van der Waals surface area (Å²) in [5.41, 5.74) is 1.43. The Morgan fingerprint density at radius 2 is 1.85 bits per heavy atom. The third kappa shape index (κ3) is 1.43. The van der Waals surface area contributed by atoms with E-state index in [9.17, 15) is 9.59 Å². The molecule has 5 nitrogen and oxygen atoms in total. The Morgan fingerprint density at radius 3 is 2.35 bits per heavy atom. The van der Waals surface area contributed by atoms with Gasteiger partial charge in [-0.15, -0.1) is 0 Å². The van der Waals surface area contributed by atoms with Crippen molar-refractivity contribution in [3.63, 3.8) is 0 Å². The first-order chi connectivity index (χ1) is 9.18. The van der Waals surface area contributed by atoms with Crippen molar-refractivity contribution in [3.05, 3.63) is 34.2 Å². The van der Waals surface area contributed by atoms with Crippen molar-refractivity contribution in [1.29, 1.82) is 0 Å². The molecule has 1 saturated carbocycles. The number of aromatic nitrogens is 2. The van der Waals surface area contributed by atoms with Gasteiger partial charge in [0.2, 0.25) is 0 Å². The van der Waals surface area contributed by atoms with Gasteiger partial charge in [-0.05, 0) is 29.0 Å². The molecule has 1 heterocycles. The van der Waals surface area contributed by atoms with Crippen LogP contribution in [-0.4, -0.2) is 20.6 Å². The lowest BCUT2D eigenvalue weighted by atomic mass is 10.0. The predicted octanol–water partition coefficient (Wildman–Crippen LogP) is 2.63. The summed E-state index contributed by atoms with van der Waals surface area (Å²) in [6.07, 6.45) is 0. The molecule has 1 fully saturated rings. The fourth-order valence-electron chi connectivity index (χ4n) is 3.33. The lowest BCUT2D eigenvalue weighted by Gasteiger charge is -2.05. The first-order valence-corrected chi connectivity index (χ1v) is 6.65. The van der Waals surface area contributed by atoms with Crippen LogP contribution in [0.2, 0.25) is 0 Å². The largest absolute Gasteiger partial charge is 0.478 e. The molecular formula is C15H18N2O3. The Labute approximate surface area is 116 Å². The number of carboxylic acids is 1. The molecule has 5 heteroatoms. The topological polar surface area (TPSA) is 75.1 Å². The molecule has 2 N–H and O–H groups in total. The fraction of sp³-hybridized carbons (Fsp3) is 0.467. The van der Waals surface area contributed by atoms with E-state index in [0.717, 1.165) is 5.52 Å². The standard InChI is InChI=1S/C15H18N2O3/c1-14(2)12(15(14,3)4)17-10-6-5-8(11(18)19)7-9(10)16-13(17)20/h5-7,12H,1-4H3,(H,16,20)(H,18,19). The summed E-state index contributed by atoms with van der Waals surface area (Å²) < 4.78 is 1.76. The smallest absolute Gasteiger partial charge is 0.335 e. The average Bonchev–Trinajstić information content (AvgIpc) is 2.63. The third-order valence-electron chi connectivity index (χ3n) is 5.17. The highest BCUT2D eigenvalue weighted by atomic mass is 16.4. The Hall–Kier alpha value is -2.04. The molecule has 1 aliphatic carbocycles. The second kappa shape index (κ2) is 3.53. The molecule has 0 amide bonds. The van der Waals surface area contributed by atoms with E-state index >= 15 is 0 Å². The van der Waals surface area contributed by atoms with Crippen LogP contribution in [0.3, 0.4) is 0 Å². The van der Waals surface area contributed by atoms with Gasteiger partial charge in [0.15, 0.2) is 0 Å². The molecule has 106 valence electrons. The molecule has 0 radical (unpaired) electrons. The maximum Gasteiger partial charge on any atom is 0.335 e. The van der Waals surface area contributed by atoms with E-state index in [1.165, 1.54) is 12.1 Å². The number of fused-ring (bicyclic) bond motifs is 1. The van der Waals surface area contributed by atoms with E-state index in [4.69, 9.17) is 5.11 Å². The van der Waals surface area contributed by atoms with E-state index < -0.39 is 5.97 Å². The lowest BCUT2D eigenvalue weighted by molar-refractivity contribution is 0.0697. The predicted molar refractivity (Wildman–Crippen MR) is 76.1 cm³/mol. The van der Waals surface area contributed by atoms with Gasteiger partial charge in [0.25, 0.3) is 0 Å². The van der Waals surface area contributed by atoms with Crippen molar-refractivity contribution < 1.29 is 9.90 Å². The number of hydrogen-bond acceptors (Lipinski definition) is 2. The monoisotopic (exact) mass is 274 g/mol. The van der Waals surface area contributed by atoms with Crippen LogP contribution in [0.4, 0.5) is 0 Å². The van der Waals surface area contributed by atoms with Crippen LogP contribution in [0.25, 0.3) is 11.0 Å². The van der Waals surface area contributed by atoms with E-state index in [1.54, 1.807) is 10.6 Å². The number of aromatic carboxylic acids is 1. The number of benzene rings is 1. The van der Waals surface area contributed by atoms with Crippen molar-refractivity contribution in [2.24, 2.45) is 10.8 Å². The number of rotatable bonds is 2. The zero-order chi connectivity index (χ0) is 14.9. The summed E-state index contributed by atoms with van der Waals surface area (Å²) in [6.45, 7) is 8.59. The number of H-pyrrole nitrogens is 1. The minimum Gasteiger partial charge on any atom is -0.478 e. The number of aromatic amines is 1. The van der Waals surface area contributed by atoms with Gasteiger partial charge in [-0.3, -0.25) is 4.57 Å². The number of imidazole rings is 1. The van der Waals surface area contributed by atoms with E-state index in [-0.39, 0.29) is 28.1 Å². The quantitative estimate of drug-likeness (QED) is 0.884. The van der Waals surface area contributed by atoms with Crippen molar-refractivity contribution in [3.8, 4) is 0 Å². The maximum atomic E-state index is 12.2. The molecule has 0 bridgehead atoms. The minimum atomic E-state index is -0.993. The number of carbonyl (C=O) groups is 1. The van der Waals surface area contributed by atoms with Crippen LogP contribution < -0.4 is 5.69 Å². The number of nitrogens with one attached hydrogen (secondary N) is 1. The van der Waals surface area contributed by atoms with Crippen molar-refractivity contribution in [2.45, 2.75) is 33.7 Å². The van der Waals surface area contributed by atoms with Gasteiger partial charge < -0.3 is 10.1 Å². The summed E-state index contributed by atoms with van der Waals surface area (Å²) >= 11 is 0. The fourth-order valence-corrected chi connectivity index (χ4v) is 3.33. The highest BCUT2D eigenvalue weighted by molar-refractivity contribution is 5.92. The van der Waals surface area contributed by atoms with Gasteiger partial charge in [-0.25, -0.2) is 9.59 Å². The summed E-state index contributed by atoms with van der Waals surface area (Å²) in [6, 6.07) is 4.88. The normalized spacial score (nSPS) is 20.2. The van der Waals surface area contributed by atoms with Gasteiger partial charge in [0, 0.05) is 0 Å². The minimum absolute atomic E-state index is 0.0391. The highest BCUT2D eigenvalue weighted by Crippen LogP contribution is 2.71. The Morgan fingerprint density at radius 1 is 1.25 bits per heavy atom. The van der Waals surface area contributed by atoms with Crippen LogP contribution in [0.5, 0.6) is 0 Å². The van der Waals surface area contributed by atoms with Crippen LogP contribution in [0.1, 0.15) is 44.1 Å². The molecule has 0 aliphatic heterocycles. The lowest BCUT2D eigenvalue weighted by Crippen LogP contribution is -2.18. The van der Waals surface area contributed by atoms with Gasteiger partial charge in [0.05, 0.1) is 22.6 Å². The van der Waals surface area contributed by atoms with E-state index in [0.29, 0.717) is 5.52 Å². The number of nitrogens with zero attached hydrogens (tertiary/aromatic N) is 1. The first-order valence-electron chi connectivity index (χ1n) is 6.65. The molecule has 0 spiro atoms. The van der Waals surface area contributed by atoms with Gasteiger partial charge in [0.1, 0.15) is 0 Å². The first kappa shape index (κ1) is 13.0. The average molecular weight is 274 g/mol. The second-order valence-corrected chi connectivity index (χ2v) is 6.68. The summed E-state index contributed by atoms with van der Waals surface area (Å²) in [4.78, 5) is 26.0. The van der Waals surface area contributed by atoms with Crippen LogP contribution in [0, 0.1) is 10.8 Å². The van der Waals surface area contributed by atoms with Crippen molar-refractivity contribution >= 4 is 17.0 Å². The molecule has 1 aromatic heterocycles. The Balaban J connectivity index is 2.22. The molecule has 0 saturated heterocycles. The van der Waals surface area contributed by atoms with Gasteiger partial charge in [-0.2, -0.15) is 0 Å². The van der Waals surface area contributed by atoms with Crippen LogP contribution in [-0.2, 0) is 0 Å². The molecule has 0 atom stereocenters. The summed E-state index contributed by atoms with van der Waals surface area (Å²) in [7, 11) is 0. The van der Waals surface area contributed by atoms with E-state index in [1.807, 2.05) is 0 Å². The molecular weight excluding hydrogens is 256 g/mol. The summed E-state index contributed by atoms with van der Waals surface area (Å²) in [5.74, 6) is -0.993. The van der Waals surface area contributed by atoms with Crippen molar-refractivity contribution in [1.82, 2.24) is 9.55 Å². The van der Waals surface area contributed by atoms with Crippen LogP contribution in [0.15, 0.2) is 23.0 Å². The zero-order valence-corrected chi connectivity index (χ0v) is 12.0. The number of carboxylic acid groups (broad SMARTS) is 1. The van der Waals surface area contributed by atoms with Crippen molar-refractivity contribution in [2.75, 3.05) is 0 Å². The Kier molecular flexibility index (Phi) is 2.29. The van der Waals surface area contributed by atoms with Crippen LogP contribution >= 0.6 is 0 Å². The van der Waals surface area contributed by atoms with E-state index in [2.05, 4.69) is 32.7 Å². The molecule has 3 rings (SSSR count). The van der Waals surface area contributed by atoms with Gasteiger partial charge in [-0.1, -0.05) is 27.7 Å². The summed E-state index contributed by atoms with van der Waals surface area (Å²) in [5, 5.41) is 9.01. The highest BCUT2D eigenvalue weighted by Gasteiger charge is 2.66. The molecule has 20 heavy (non-hydrogen) atoms. The zero-order valence-electron chi connectivity index (χ0n) is 12.0. The number of hydrogen-bond donors (Lipinski definition) is 2. The molecule has 1 aliphatic rings. The second-order valence-electron chi connectivity index (χ2n) is 6.68. The Bertz CT molecular complexity index is 766. The molecule has 1 aromatic carbocycles. The molecule has 0 unspecified atom stereocenters. The van der Waals surface area contributed by atoms with Gasteiger partial charge >= 0.3 is 11.7 Å². The molecule has 2 aromatic rings. The SMILES string of the molecule is CC1(C)C(n2c(=O)[nH]c3cc(C(=O)O)ccc32)C1(C)C.